The van der Waals surface area contributed by atoms with Crippen LogP contribution in [-0.2, 0) is 14.6 Å². The van der Waals surface area contributed by atoms with Gasteiger partial charge in [0.15, 0.2) is 33.0 Å². The number of piperazine rings is 1. The number of rotatable bonds is 8. The molecule has 2 heterocycles. The second kappa shape index (κ2) is 12.7. The van der Waals surface area contributed by atoms with Crippen molar-refractivity contribution in [3.8, 4) is 5.75 Å². The number of ether oxygens (including phenoxy) is 1. The number of carbonyl (C=O) groups is 1. The van der Waals surface area contributed by atoms with E-state index in [0.717, 1.165) is 44.6 Å². The number of halogens is 5. The Morgan fingerprint density at radius 2 is 1.66 bits per heavy atom. The van der Waals surface area contributed by atoms with Crippen LogP contribution in [0.25, 0.3) is 0 Å². The third kappa shape index (κ3) is 8.79. The van der Waals surface area contributed by atoms with E-state index in [4.69, 9.17) is 19.2 Å². The van der Waals surface area contributed by atoms with Crippen molar-refractivity contribution in [2.24, 2.45) is 0 Å². The van der Waals surface area contributed by atoms with Gasteiger partial charge in [0.05, 0.1) is 11.5 Å². The van der Waals surface area contributed by atoms with Gasteiger partial charge in [0.2, 0.25) is 0 Å². The highest BCUT2D eigenvalue weighted by Gasteiger charge is 2.38. The lowest BCUT2D eigenvalue weighted by Crippen LogP contribution is -2.50. The highest BCUT2D eigenvalue weighted by atomic mass is 32.2. The monoisotopic (exact) mass is 572 g/mol. The zero-order valence-electron chi connectivity index (χ0n) is 21.1. The summed E-state index contributed by atoms with van der Waals surface area (Å²) in [5.41, 5.74) is 0. The van der Waals surface area contributed by atoms with Gasteiger partial charge in [-0.25, -0.2) is 22.0 Å². The normalized spacial score (nSPS) is 15.7. The first-order valence-corrected chi connectivity index (χ1v) is 13.3. The first-order valence-electron chi connectivity index (χ1n) is 11.4. The van der Waals surface area contributed by atoms with Crippen LogP contribution in [0.15, 0.2) is 21.6 Å². The van der Waals surface area contributed by atoms with Gasteiger partial charge >= 0.3 is 18.2 Å². The summed E-state index contributed by atoms with van der Waals surface area (Å²) in [6.07, 6.45) is -3.63. The lowest BCUT2D eigenvalue weighted by Gasteiger charge is -2.37. The molecule has 0 radical (unpaired) electrons. The van der Waals surface area contributed by atoms with Crippen molar-refractivity contribution in [2.75, 3.05) is 43.9 Å². The van der Waals surface area contributed by atoms with Gasteiger partial charge in [0, 0.05) is 44.4 Å². The maximum Gasteiger partial charge on any atom is 0.490 e. The number of anilines is 1. The van der Waals surface area contributed by atoms with E-state index in [0.29, 0.717) is 18.3 Å². The summed E-state index contributed by atoms with van der Waals surface area (Å²) in [6.45, 7) is 9.19. The van der Waals surface area contributed by atoms with E-state index in [2.05, 4.69) is 15.0 Å². The molecule has 10 nitrogen and oxygen atoms in total. The van der Waals surface area contributed by atoms with Crippen LogP contribution in [0.3, 0.4) is 0 Å². The molecule has 2 aromatic rings. The SMILES string of the molecule is CC(C)c1noc(N2CCN(C(C)CCOc3c(F)cc(S(C)(=O)=O)cc3F)CC2)n1.O=C(O)C(F)(F)F. The number of alkyl halides is 3. The van der Waals surface area contributed by atoms with Crippen LogP contribution in [0.1, 0.15) is 38.9 Å². The molecule has 3 rings (SSSR count). The third-order valence-electron chi connectivity index (χ3n) is 5.58. The minimum atomic E-state index is -5.08. The van der Waals surface area contributed by atoms with Gasteiger partial charge in [-0.15, -0.1) is 0 Å². The van der Waals surface area contributed by atoms with Crippen LogP contribution >= 0.6 is 0 Å². The summed E-state index contributed by atoms with van der Waals surface area (Å²) >= 11 is 0. The Bertz CT molecular complexity index is 1170. The van der Waals surface area contributed by atoms with Gasteiger partial charge < -0.3 is 19.3 Å². The summed E-state index contributed by atoms with van der Waals surface area (Å²) in [7, 11) is -3.70. The van der Waals surface area contributed by atoms with Crippen LogP contribution in [0.4, 0.5) is 28.0 Å². The average Bonchev–Trinajstić information content (AvgIpc) is 3.30. The van der Waals surface area contributed by atoms with Gasteiger partial charge in [0.25, 0.3) is 0 Å². The van der Waals surface area contributed by atoms with Crippen molar-refractivity contribution in [3.05, 3.63) is 29.6 Å². The van der Waals surface area contributed by atoms with Crippen molar-refractivity contribution in [3.63, 3.8) is 0 Å². The lowest BCUT2D eigenvalue weighted by atomic mass is 10.2. The number of aliphatic carboxylic acids is 1. The summed E-state index contributed by atoms with van der Waals surface area (Å²) in [4.78, 5) is 17.2. The topological polar surface area (TPSA) is 126 Å². The molecule has 0 amide bonds. The summed E-state index contributed by atoms with van der Waals surface area (Å²) in [5.74, 6) is -4.47. The van der Waals surface area contributed by atoms with Crippen LogP contribution in [0, 0.1) is 11.6 Å². The van der Waals surface area contributed by atoms with Crippen LogP contribution < -0.4 is 9.64 Å². The molecule has 0 saturated carbocycles. The van der Waals surface area contributed by atoms with E-state index in [1.165, 1.54) is 0 Å². The van der Waals surface area contributed by atoms with E-state index < -0.39 is 44.3 Å². The van der Waals surface area contributed by atoms with E-state index in [-0.39, 0.29) is 18.6 Å². The molecule has 0 bridgehead atoms. The van der Waals surface area contributed by atoms with Gasteiger partial charge in [-0.05, 0) is 25.5 Å². The molecule has 1 atom stereocenters. The first kappa shape index (κ1) is 31.2. The Morgan fingerprint density at radius 3 is 2.08 bits per heavy atom. The smallest absolute Gasteiger partial charge is 0.488 e. The zero-order valence-corrected chi connectivity index (χ0v) is 21.9. The number of aromatic nitrogens is 2. The molecular weight excluding hydrogens is 543 g/mol. The molecule has 214 valence electrons. The van der Waals surface area contributed by atoms with Crippen LogP contribution in [0.5, 0.6) is 5.75 Å². The highest BCUT2D eigenvalue weighted by Crippen LogP contribution is 2.26. The number of nitrogens with zero attached hydrogens (tertiary/aromatic N) is 4. The number of hydrogen-bond acceptors (Lipinski definition) is 9. The molecule has 1 aromatic carbocycles. The predicted molar refractivity (Wildman–Crippen MR) is 125 cm³/mol. The quantitative estimate of drug-likeness (QED) is 0.470. The summed E-state index contributed by atoms with van der Waals surface area (Å²) < 4.78 is 93.6. The van der Waals surface area contributed by atoms with E-state index >= 15 is 0 Å². The van der Waals surface area contributed by atoms with Gasteiger partial charge in [-0.2, -0.15) is 18.2 Å². The second-order valence-corrected chi connectivity index (χ2v) is 10.9. The minimum Gasteiger partial charge on any atom is -0.488 e. The Balaban J connectivity index is 0.000000638. The highest BCUT2D eigenvalue weighted by molar-refractivity contribution is 7.90. The number of carboxylic acids is 1. The first-order chi connectivity index (χ1) is 17.5. The molecule has 1 N–H and O–H groups in total. The van der Waals surface area contributed by atoms with E-state index in [1.54, 1.807) is 0 Å². The number of carboxylic acid groups (broad SMARTS) is 1. The molecule has 0 spiro atoms. The van der Waals surface area contributed by atoms with Crippen LogP contribution in [0.2, 0.25) is 0 Å². The van der Waals surface area contributed by atoms with Crippen molar-refractivity contribution in [1.82, 2.24) is 15.0 Å². The average molecular weight is 573 g/mol. The molecule has 1 aliphatic rings. The molecule has 1 unspecified atom stereocenters. The Hall–Kier alpha value is -3.01. The van der Waals surface area contributed by atoms with E-state index in [9.17, 15) is 30.4 Å². The predicted octanol–water partition coefficient (Wildman–Crippen LogP) is 3.49. The van der Waals surface area contributed by atoms with Crippen LogP contribution in [-0.4, -0.2) is 85.8 Å². The minimum absolute atomic E-state index is 0.106. The fourth-order valence-electron chi connectivity index (χ4n) is 3.35. The molecule has 1 aromatic heterocycles. The molecule has 1 saturated heterocycles. The number of benzene rings is 1. The van der Waals surface area contributed by atoms with Gasteiger partial charge in [-0.3, -0.25) is 4.90 Å². The van der Waals surface area contributed by atoms with Crippen molar-refractivity contribution in [1.29, 1.82) is 0 Å². The maximum absolute atomic E-state index is 14.1. The van der Waals surface area contributed by atoms with Gasteiger partial charge in [-0.1, -0.05) is 19.0 Å². The standard InChI is InChI=1S/C20H28F2N4O4S.C2HF3O2/c1-13(2)19-23-20(30-24-19)26-8-6-25(7-9-26)14(3)5-10-29-18-16(21)11-15(12-17(18)22)31(4,27)28;3-2(4,5)1(6)7/h11-14H,5-10H2,1-4H3;(H,6,7). The molecule has 1 fully saturated rings. The molecular formula is C22H29F5N4O6S. The second-order valence-electron chi connectivity index (χ2n) is 8.89. The van der Waals surface area contributed by atoms with Crippen molar-refractivity contribution in [2.45, 2.75) is 50.2 Å². The molecule has 0 aliphatic carbocycles. The van der Waals surface area contributed by atoms with Crippen molar-refractivity contribution < 1.29 is 49.5 Å². The summed E-state index contributed by atoms with van der Waals surface area (Å²) in [5, 5.41) is 11.1. The summed E-state index contributed by atoms with van der Waals surface area (Å²) in [6, 6.07) is 2.22. The van der Waals surface area contributed by atoms with Gasteiger partial charge in [0.1, 0.15) is 0 Å². The Morgan fingerprint density at radius 1 is 1.13 bits per heavy atom. The fourth-order valence-corrected chi connectivity index (χ4v) is 3.98. The van der Waals surface area contributed by atoms with E-state index in [1.807, 2.05) is 25.7 Å². The molecule has 1 aliphatic heterocycles. The largest absolute Gasteiger partial charge is 0.490 e. The fraction of sp³-hybridized carbons (Fsp3) is 0.591. The lowest BCUT2D eigenvalue weighted by molar-refractivity contribution is -0.192. The Labute approximate surface area is 216 Å². The third-order valence-corrected chi connectivity index (χ3v) is 6.67. The number of hydrogen-bond donors (Lipinski definition) is 1. The van der Waals surface area contributed by atoms with Crippen molar-refractivity contribution >= 4 is 21.8 Å². The maximum atomic E-state index is 14.1. The zero-order chi connectivity index (χ0) is 28.8. The molecule has 38 heavy (non-hydrogen) atoms. The molecule has 16 heteroatoms. The Kier molecular flexibility index (Phi) is 10.4. The number of sulfone groups is 1.